The number of aromatic hydroxyl groups is 1. The lowest BCUT2D eigenvalue weighted by Gasteiger charge is -2.09. The van der Waals surface area contributed by atoms with E-state index in [1.165, 1.54) is 17.4 Å². The molecule has 124 valence electrons. The smallest absolute Gasteiger partial charge is 0.225 e. The Balaban J connectivity index is 1.83. The summed E-state index contributed by atoms with van der Waals surface area (Å²) in [6.45, 7) is 0. The van der Waals surface area contributed by atoms with E-state index in [1.807, 2.05) is 36.4 Å². The zero-order valence-electron chi connectivity index (χ0n) is 12.7. The number of aromatic nitrogens is 2. The van der Waals surface area contributed by atoms with Crippen LogP contribution in [0.15, 0.2) is 54.6 Å². The third-order valence-corrected chi connectivity index (χ3v) is 5.12. The van der Waals surface area contributed by atoms with Crippen molar-refractivity contribution in [1.82, 2.24) is 9.97 Å². The largest absolute Gasteiger partial charge is 0.506 e. The second-order valence-corrected chi connectivity index (χ2v) is 7.13. The van der Waals surface area contributed by atoms with Gasteiger partial charge in [-0.25, -0.2) is 4.98 Å². The molecule has 0 amide bonds. The zero-order chi connectivity index (χ0) is 17.4. The van der Waals surface area contributed by atoms with Gasteiger partial charge in [0.05, 0.1) is 11.1 Å². The van der Waals surface area contributed by atoms with E-state index < -0.39 is 0 Å². The van der Waals surface area contributed by atoms with Crippen LogP contribution in [0.1, 0.15) is 0 Å². The minimum absolute atomic E-state index is 0.0748. The summed E-state index contributed by atoms with van der Waals surface area (Å²) < 4.78 is 0. The average Bonchev–Trinajstić information content (AvgIpc) is 3.03. The minimum atomic E-state index is 0.0748. The van der Waals surface area contributed by atoms with Gasteiger partial charge in [0.15, 0.2) is 0 Å². The molecule has 25 heavy (non-hydrogen) atoms. The predicted octanol–water partition coefficient (Wildman–Crippen LogP) is 6.11. The van der Waals surface area contributed by atoms with Crippen molar-refractivity contribution in [3.05, 3.63) is 64.9 Å². The predicted molar refractivity (Wildman–Crippen MR) is 104 cm³/mol. The van der Waals surface area contributed by atoms with E-state index in [0.29, 0.717) is 16.5 Å². The topological polar surface area (TPSA) is 58.0 Å². The highest BCUT2D eigenvalue weighted by molar-refractivity contribution is 7.22. The van der Waals surface area contributed by atoms with E-state index in [4.69, 9.17) is 23.2 Å². The first-order valence-electron chi connectivity index (χ1n) is 7.38. The molecule has 2 N–H and O–H groups in total. The number of hydrogen-bond acceptors (Lipinski definition) is 5. The van der Waals surface area contributed by atoms with Crippen LogP contribution in [0.25, 0.3) is 20.7 Å². The van der Waals surface area contributed by atoms with Crippen molar-refractivity contribution in [2.75, 3.05) is 5.32 Å². The van der Waals surface area contributed by atoms with E-state index in [1.54, 1.807) is 12.1 Å². The SMILES string of the molecule is Oc1ccc(Cl)cc1Nc1nc(Cl)nc2sc(-c3ccccc3)cc12. The van der Waals surface area contributed by atoms with Gasteiger partial charge in [-0.05, 0) is 41.4 Å². The first-order valence-corrected chi connectivity index (χ1v) is 8.95. The van der Waals surface area contributed by atoms with Crippen molar-refractivity contribution in [3.8, 4) is 16.2 Å². The molecular weight excluding hydrogens is 377 g/mol. The third-order valence-electron chi connectivity index (χ3n) is 3.64. The highest BCUT2D eigenvalue weighted by atomic mass is 35.5. The molecule has 0 radical (unpaired) electrons. The van der Waals surface area contributed by atoms with Crippen LogP contribution in [0, 0.1) is 0 Å². The highest BCUT2D eigenvalue weighted by Gasteiger charge is 2.14. The van der Waals surface area contributed by atoms with Crippen LogP contribution >= 0.6 is 34.5 Å². The maximum absolute atomic E-state index is 10.0. The van der Waals surface area contributed by atoms with E-state index in [9.17, 15) is 5.11 Å². The highest BCUT2D eigenvalue weighted by Crippen LogP contribution is 2.38. The van der Waals surface area contributed by atoms with Gasteiger partial charge >= 0.3 is 0 Å². The molecule has 4 nitrogen and oxygen atoms in total. The summed E-state index contributed by atoms with van der Waals surface area (Å²) in [7, 11) is 0. The minimum Gasteiger partial charge on any atom is -0.506 e. The fourth-order valence-corrected chi connectivity index (χ4v) is 3.90. The first kappa shape index (κ1) is 16.1. The molecule has 0 spiro atoms. The molecule has 0 unspecified atom stereocenters. The number of hydrogen-bond donors (Lipinski definition) is 2. The van der Waals surface area contributed by atoms with Gasteiger partial charge in [0.2, 0.25) is 5.28 Å². The van der Waals surface area contributed by atoms with Crippen LogP contribution in [0.5, 0.6) is 5.75 Å². The van der Waals surface area contributed by atoms with Gasteiger partial charge < -0.3 is 10.4 Å². The number of phenols is 1. The van der Waals surface area contributed by atoms with Crippen LogP contribution in [-0.2, 0) is 0 Å². The molecule has 7 heteroatoms. The standard InChI is InChI=1S/C18H11Cl2N3OS/c19-11-6-7-14(24)13(8-11)21-16-12-9-15(10-4-2-1-3-5-10)25-17(12)23-18(20)22-16/h1-9,24H,(H,21,22,23). The van der Waals surface area contributed by atoms with Crippen molar-refractivity contribution in [3.63, 3.8) is 0 Å². The lowest BCUT2D eigenvalue weighted by Crippen LogP contribution is -1.96. The molecule has 4 rings (SSSR count). The molecule has 2 aromatic carbocycles. The van der Waals surface area contributed by atoms with E-state index in [2.05, 4.69) is 15.3 Å². The Morgan fingerprint density at radius 3 is 2.56 bits per heavy atom. The van der Waals surface area contributed by atoms with E-state index in [-0.39, 0.29) is 11.0 Å². The van der Waals surface area contributed by atoms with Crippen LogP contribution < -0.4 is 5.32 Å². The van der Waals surface area contributed by atoms with Gasteiger partial charge in [-0.1, -0.05) is 41.9 Å². The van der Waals surface area contributed by atoms with Crippen LogP contribution in [0.4, 0.5) is 11.5 Å². The summed E-state index contributed by atoms with van der Waals surface area (Å²) in [4.78, 5) is 10.4. The molecule has 0 aliphatic heterocycles. The summed E-state index contributed by atoms with van der Waals surface area (Å²) in [6.07, 6.45) is 0. The monoisotopic (exact) mass is 387 g/mol. The van der Waals surface area contributed by atoms with Gasteiger partial charge in [0.1, 0.15) is 16.4 Å². The molecule has 0 saturated carbocycles. The number of fused-ring (bicyclic) bond motifs is 1. The average molecular weight is 388 g/mol. The first-order chi connectivity index (χ1) is 12.1. The molecule has 2 aromatic heterocycles. The number of phenolic OH excluding ortho intramolecular Hbond substituents is 1. The zero-order valence-corrected chi connectivity index (χ0v) is 15.0. The van der Waals surface area contributed by atoms with E-state index >= 15 is 0 Å². The Morgan fingerprint density at radius 1 is 0.960 bits per heavy atom. The summed E-state index contributed by atoms with van der Waals surface area (Å²) in [5.74, 6) is 0.594. The summed E-state index contributed by atoms with van der Waals surface area (Å²) in [6, 6.07) is 16.8. The summed E-state index contributed by atoms with van der Waals surface area (Å²) in [5, 5.41) is 14.6. The Hall–Kier alpha value is -2.34. The maximum Gasteiger partial charge on any atom is 0.225 e. The Morgan fingerprint density at radius 2 is 1.76 bits per heavy atom. The van der Waals surface area contributed by atoms with Gasteiger partial charge in [-0.15, -0.1) is 11.3 Å². The van der Waals surface area contributed by atoms with Crippen molar-refractivity contribution in [1.29, 1.82) is 0 Å². The van der Waals surface area contributed by atoms with Crippen LogP contribution in [0.2, 0.25) is 10.3 Å². The molecule has 4 aromatic rings. The molecule has 0 saturated heterocycles. The number of nitrogens with one attached hydrogen (secondary N) is 1. The Bertz CT molecular complexity index is 1070. The third kappa shape index (κ3) is 3.26. The Labute approximate surface area is 157 Å². The quantitative estimate of drug-likeness (QED) is 0.328. The molecule has 2 heterocycles. The maximum atomic E-state index is 10.0. The fraction of sp³-hybridized carbons (Fsp3) is 0. The molecule has 0 atom stereocenters. The number of benzene rings is 2. The molecule has 0 bridgehead atoms. The summed E-state index contributed by atoms with van der Waals surface area (Å²) in [5.41, 5.74) is 1.55. The number of thiophene rings is 1. The van der Waals surface area contributed by atoms with Crippen molar-refractivity contribution < 1.29 is 5.11 Å². The number of anilines is 2. The van der Waals surface area contributed by atoms with Gasteiger partial charge in [-0.3, -0.25) is 0 Å². The number of halogens is 2. The second-order valence-electron chi connectivity index (χ2n) is 5.32. The number of rotatable bonds is 3. The normalized spacial score (nSPS) is 11.0. The van der Waals surface area contributed by atoms with Gasteiger partial charge in [0, 0.05) is 9.90 Å². The lowest BCUT2D eigenvalue weighted by molar-refractivity contribution is 0.478. The fourth-order valence-electron chi connectivity index (χ4n) is 2.47. The molecule has 0 aliphatic carbocycles. The molecule has 0 aliphatic rings. The second kappa shape index (κ2) is 6.52. The van der Waals surface area contributed by atoms with Gasteiger partial charge in [-0.2, -0.15) is 4.98 Å². The lowest BCUT2D eigenvalue weighted by atomic mass is 10.2. The van der Waals surface area contributed by atoms with Crippen LogP contribution in [0.3, 0.4) is 0 Å². The molecular formula is C18H11Cl2N3OS. The van der Waals surface area contributed by atoms with Gasteiger partial charge in [0.25, 0.3) is 0 Å². The van der Waals surface area contributed by atoms with Crippen LogP contribution in [-0.4, -0.2) is 15.1 Å². The van der Waals surface area contributed by atoms with Crippen molar-refractivity contribution in [2.45, 2.75) is 0 Å². The summed E-state index contributed by atoms with van der Waals surface area (Å²) >= 11 is 13.6. The van der Waals surface area contributed by atoms with Crippen molar-refractivity contribution in [2.24, 2.45) is 0 Å². The number of nitrogens with zero attached hydrogens (tertiary/aromatic N) is 2. The van der Waals surface area contributed by atoms with Crippen molar-refractivity contribution >= 4 is 56.3 Å². The molecule has 0 fully saturated rings. The van der Waals surface area contributed by atoms with E-state index in [0.717, 1.165) is 20.7 Å². The Kier molecular flexibility index (Phi) is 4.21.